The lowest BCUT2D eigenvalue weighted by atomic mass is 10.3. The monoisotopic (exact) mass is 381 g/mol. The predicted molar refractivity (Wildman–Crippen MR) is 83.2 cm³/mol. The van der Waals surface area contributed by atoms with Crippen LogP contribution < -0.4 is 5.56 Å². The standard InChI is InChI=1S/C14H10BrF2N5O/c1-7-11(17)14(23)21-12(19-7)9-6-22-10(15)5-18-13(22)8(20-9)3-2-4-16/h2,4-6H,3H2,1H3,(H,19,21,23)/b4-2-. The van der Waals surface area contributed by atoms with Crippen molar-refractivity contribution in [2.24, 2.45) is 0 Å². The molecule has 0 aromatic carbocycles. The van der Waals surface area contributed by atoms with Gasteiger partial charge in [0.15, 0.2) is 11.5 Å². The zero-order chi connectivity index (χ0) is 16.6. The Morgan fingerprint density at radius 1 is 1.43 bits per heavy atom. The quantitative estimate of drug-likeness (QED) is 0.756. The third-order valence-electron chi connectivity index (χ3n) is 3.19. The first-order valence-corrected chi connectivity index (χ1v) is 7.35. The molecule has 6 nitrogen and oxygen atoms in total. The largest absolute Gasteiger partial charge is 0.303 e. The van der Waals surface area contributed by atoms with Gasteiger partial charge in [-0.3, -0.25) is 9.20 Å². The third-order valence-corrected chi connectivity index (χ3v) is 3.77. The van der Waals surface area contributed by atoms with E-state index in [-0.39, 0.29) is 17.9 Å². The fourth-order valence-corrected chi connectivity index (χ4v) is 2.50. The molecule has 118 valence electrons. The number of fused-ring (bicyclic) bond motifs is 1. The number of hydrogen-bond donors (Lipinski definition) is 1. The van der Waals surface area contributed by atoms with E-state index < -0.39 is 11.4 Å². The molecule has 23 heavy (non-hydrogen) atoms. The van der Waals surface area contributed by atoms with Gasteiger partial charge in [-0.1, -0.05) is 6.08 Å². The Labute approximate surface area is 137 Å². The van der Waals surface area contributed by atoms with Crippen LogP contribution in [0.2, 0.25) is 0 Å². The molecule has 0 saturated carbocycles. The summed E-state index contributed by atoms with van der Waals surface area (Å²) in [6.45, 7) is 1.40. The number of halogens is 3. The Morgan fingerprint density at radius 3 is 2.91 bits per heavy atom. The van der Waals surface area contributed by atoms with E-state index in [1.165, 1.54) is 13.0 Å². The molecule has 1 N–H and O–H groups in total. The fraction of sp³-hybridized carbons (Fsp3) is 0.143. The Hall–Kier alpha value is -2.42. The average molecular weight is 382 g/mol. The molecule has 0 aliphatic rings. The van der Waals surface area contributed by atoms with Crippen molar-refractivity contribution in [2.75, 3.05) is 0 Å². The van der Waals surface area contributed by atoms with Crippen LogP contribution in [0.15, 0.2) is 34.2 Å². The normalized spacial score (nSPS) is 11.7. The SMILES string of the molecule is Cc1nc(-c2cn3c(Br)cnc3c(C/C=C\F)n2)[nH]c(=O)c1F. The molecule has 9 heteroatoms. The summed E-state index contributed by atoms with van der Waals surface area (Å²) in [5.74, 6) is -0.805. The Morgan fingerprint density at radius 2 is 2.22 bits per heavy atom. The molecule has 0 aliphatic heterocycles. The highest BCUT2D eigenvalue weighted by Gasteiger charge is 2.14. The Bertz CT molecular complexity index is 979. The minimum atomic E-state index is -0.931. The van der Waals surface area contributed by atoms with Crippen molar-refractivity contribution in [3.63, 3.8) is 0 Å². The summed E-state index contributed by atoms with van der Waals surface area (Å²) in [4.78, 5) is 26.5. The van der Waals surface area contributed by atoms with E-state index in [9.17, 15) is 13.6 Å². The molecule has 0 spiro atoms. The van der Waals surface area contributed by atoms with E-state index in [2.05, 4.69) is 35.9 Å². The molecule has 0 aliphatic carbocycles. The van der Waals surface area contributed by atoms with E-state index in [1.54, 1.807) is 16.8 Å². The second-order valence-electron chi connectivity index (χ2n) is 4.73. The molecular formula is C14H10BrF2N5O. The maximum absolute atomic E-state index is 13.4. The van der Waals surface area contributed by atoms with Crippen molar-refractivity contribution in [3.8, 4) is 11.5 Å². The molecular weight excluding hydrogens is 372 g/mol. The number of nitrogens with one attached hydrogen (secondary N) is 1. The summed E-state index contributed by atoms with van der Waals surface area (Å²) in [5, 5.41) is 0. The molecule has 3 heterocycles. The van der Waals surface area contributed by atoms with Gasteiger partial charge in [-0.05, 0) is 22.9 Å². The van der Waals surface area contributed by atoms with Crippen molar-refractivity contribution >= 4 is 21.6 Å². The van der Waals surface area contributed by atoms with Gasteiger partial charge >= 0.3 is 0 Å². The number of allylic oxidation sites excluding steroid dienone is 1. The molecule has 0 atom stereocenters. The van der Waals surface area contributed by atoms with E-state index in [1.807, 2.05) is 0 Å². The molecule has 0 radical (unpaired) electrons. The second-order valence-corrected chi connectivity index (χ2v) is 5.54. The second kappa shape index (κ2) is 5.99. The minimum absolute atomic E-state index is 0.0273. The van der Waals surface area contributed by atoms with Crippen LogP contribution in [0.25, 0.3) is 17.2 Å². The fourth-order valence-electron chi connectivity index (χ4n) is 2.12. The summed E-state index contributed by atoms with van der Waals surface area (Å²) in [5.41, 5.74) is 0.454. The van der Waals surface area contributed by atoms with E-state index >= 15 is 0 Å². The molecule has 3 aromatic heterocycles. The lowest BCUT2D eigenvalue weighted by Gasteiger charge is -2.07. The Balaban J connectivity index is 2.25. The van der Waals surface area contributed by atoms with Crippen LogP contribution in [0.5, 0.6) is 0 Å². The van der Waals surface area contributed by atoms with Gasteiger partial charge in [-0.15, -0.1) is 0 Å². The number of aryl methyl sites for hydroxylation is 1. The van der Waals surface area contributed by atoms with E-state index in [0.717, 1.165) is 0 Å². The summed E-state index contributed by atoms with van der Waals surface area (Å²) >= 11 is 3.34. The van der Waals surface area contributed by atoms with Gasteiger partial charge in [0.25, 0.3) is 5.56 Å². The molecule has 3 aromatic rings. The molecule has 0 saturated heterocycles. The van der Waals surface area contributed by atoms with Crippen LogP contribution in [-0.2, 0) is 6.42 Å². The van der Waals surface area contributed by atoms with Crippen LogP contribution in [-0.4, -0.2) is 24.3 Å². The van der Waals surface area contributed by atoms with Crippen LogP contribution in [0.3, 0.4) is 0 Å². The third kappa shape index (κ3) is 2.79. The molecule has 3 rings (SSSR count). The molecule has 0 amide bonds. The number of rotatable bonds is 3. The lowest BCUT2D eigenvalue weighted by Crippen LogP contribution is -2.16. The van der Waals surface area contributed by atoms with Crippen LogP contribution >= 0.6 is 15.9 Å². The predicted octanol–water partition coefficient (Wildman–Crippen LogP) is 2.72. The zero-order valence-corrected chi connectivity index (χ0v) is 13.4. The van der Waals surface area contributed by atoms with Crippen LogP contribution in [0.1, 0.15) is 11.4 Å². The summed E-state index contributed by atoms with van der Waals surface area (Å²) in [6, 6.07) is 0. The highest BCUT2D eigenvalue weighted by Crippen LogP contribution is 2.21. The van der Waals surface area contributed by atoms with Crippen molar-refractivity contribution in [2.45, 2.75) is 13.3 Å². The van der Waals surface area contributed by atoms with Crippen molar-refractivity contribution in [1.29, 1.82) is 0 Å². The van der Waals surface area contributed by atoms with Gasteiger partial charge in [0.2, 0.25) is 5.82 Å². The highest BCUT2D eigenvalue weighted by molar-refractivity contribution is 9.10. The molecule has 0 unspecified atom stereocenters. The van der Waals surface area contributed by atoms with E-state index in [0.29, 0.717) is 28.0 Å². The van der Waals surface area contributed by atoms with Crippen LogP contribution in [0, 0.1) is 12.7 Å². The number of aromatic nitrogens is 5. The molecule has 0 bridgehead atoms. The number of imidazole rings is 1. The zero-order valence-electron chi connectivity index (χ0n) is 11.8. The minimum Gasteiger partial charge on any atom is -0.303 e. The van der Waals surface area contributed by atoms with Gasteiger partial charge in [0.1, 0.15) is 10.3 Å². The first-order chi connectivity index (χ1) is 11.0. The smallest absolute Gasteiger partial charge is 0.287 e. The lowest BCUT2D eigenvalue weighted by molar-refractivity contribution is 0.589. The van der Waals surface area contributed by atoms with Gasteiger partial charge < -0.3 is 4.98 Å². The Kier molecular flexibility index (Phi) is 4.03. The number of aromatic amines is 1. The van der Waals surface area contributed by atoms with Crippen LogP contribution in [0.4, 0.5) is 8.78 Å². The van der Waals surface area contributed by atoms with Gasteiger partial charge in [-0.2, -0.15) is 4.39 Å². The van der Waals surface area contributed by atoms with Gasteiger partial charge in [0, 0.05) is 12.6 Å². The van der Waals surface area contributed by atoms with Gasteiger partial charge in [-0.25, -0.2) is 19.3 Å². The maximum Gasteiger partial charge on any atom is 0.287 e. The summed E-state index contributed by atoms with van der Waals surface area (Å²) in [6.07, 6.45) is 5.10. The van der Waals surface area contributed by atoms with Crippen molar-refractivity contribution < 1.29 is 8.78 Å². The highest BCUT2D eigenvalue weighted by atomic mass is 79.9. The number of nitrogens with zero attached hydrogens (tertiary/aromatic N) is 4. The van der Waals surface area contributed by atoms with Gasteiger partial charge in [0.05, 0.1) is 23.9 Å². The topological polar surface area (TPSA) is 75.9 Å². The summed E-state index contributed by atoms with van der Waals surface area (Å²) < 4.78 is 28.1. The number of hydrogen-bond acceptors (Lipinski definition) is 4. The molecule has 0 fully saturated rings. The first kappa shape index (κ1) is 15.5. The average Bonchev–Trinajstić information content (AvgIpc) is 2.91. The van der Waals surface area contributed by atoms with E-state index in [4.69, 9.17) is 0 Å². The van der Waals surface area contributed by atoms with Crippen molar-refractivity contribution in [3.05, 3.63) is 57.0 Å². The maximum atomic E-state index is 13.4. The summed E-state index contributed by atoms with van der Waals surface area (Å²) in [7, 11) is 0. The number of H-pyrrole nitrogens is 1. The first-order valence-electron chi connectivity index (χ1n) is 6.55. The van der Waals surface area contributed by atoms with Crippen molar-refractivity contribution in [1.82, 2.24) is 24.3 Å².